The Morgan fingerprint density at radius 1 is 0.697 bits per heavy atom. The van der Waals surface area contributed by atoms with Crippen LogP contribution in [-0.2, 0) is 4.79 Å². The van der Waals surface area contributed by atoms with Crippen molar-refractivity contribution in [3.63, 3.8) is 0 Å². The normalized spacial score (nSPS) is 13.5. The molecule has 0 unspecified atom stereocenters. The van der Waals surface area contributed by atoms with Crippen LogP contribution in [0.3, 0.4) is 0 Å². The van der Waals surface area contributed by atoms with Gasteiger partial charge < -0.3 is 15.5 Å². The molecule has 0 spiro atoms. The van der Waals surface area contributed by atoms with Crippen molar-refractivity contribution in [2.75, 3.05) is 6.61 Å². The Balaban J connectivity index is 3.70. The number of aliphatic hydroxyl groups is 2. The highest BCUT2D eigenvalue weighted by atomic mass is 16.3. The van der Waals surface area contributed by atoms with Gasteiger partial charge in [-0.3, -0.25) is 4.79 Å². The molecule has 0 bridgehead atoms. The summed E-state index contributed by atoms with van der Waals surface area (Å²) in [5.41, 5.74) is 0. The lowest BCUT2D eigenvalue weighted by Crippen LogP contribution is -2.45. The molecule has 1 amide bonds. The molecule has 33 heavy (non-hydrogen) atoms. The van der Waals surface area contributed by atoms with Crippen LogP contribution in [0.2, 0.25) is 0 Å². The van der Waals surface area contributed by atoms with Gasteiger partial charge in [0.1, 0.15) is 0 Å². The van der Waals surface area contributed by atoms with Crippen molar-refractivity contribution in [3.8, 4) is 0 Å². The van der Waals surface area contributed by atoms with Gasteiger partial charge in [0.05, 0.1) is 18.8 Å². The number of hydrogen-bond donors (Lipinski definition) is 3. The standard InChI is InChI=1S/C29H57NO3/c1-3-5-7-9-11-13-14-15-17-18-20-22-24-28(32)27(26-31)30-29(33)25-23-21-19-16-12-10-8-6-4-2/h22,24,27-28,31-32H,3-21,23,25-26H2,1-2H3,(H,30,33)/b24-22+/t27-,28+/m0/s1. The molecule has 2 atom stereocenters. The molecule has 0 saturated carbocycles. The van der Waals surface area contributed by atoms with E-state index in [1.807, 2.05) is 6.08 Å². The molecule has 0 heterocycles. The maximum absolute atomic E-state index is 12.1. The minimum absolute atomic E-state index is 0.0702. The molecule has 0 fully saturated rings. The Kier molecular flexibility index (Phi) is 25.1. The van der Waals surface area contributed by atoms with Gasteiger partial charge in [-0.25, -0.2) is 0 Å². The second-order valence-corrected chi connectivity index (χ2v) is 9.82. The minimum atomic E-state index is -0.829. The number of rotatable bonds is 25. The summed E-state index contributed by atoms with van der Waals surface area (Å²) >= 11 is 0. The van der Waals surface area contributed by atoms with Gasteiger partial charge >= 0.3 is 0 Å². The molecule has 3 N–H and O–H groups in total. The van der Waals surface area contributed by atoms with Crippen LogP contribution < -0.4 is 5.32 Å². The monoisotopic (exact) mass is 467 g/mol. The molecule has 0 saturated heterocycles. The third-order valence-electron chi connectivity index (χ3n) is 6.52. The molecule has 0 aromatic carbocycles. The van der Waals surface area contributed by atoms with E-state index in [1.54, 1.807) is 6.08 Å². The predicted octanol–water partition coefficient (Wildman–Crippen LogP) is 7.61. The number of nitrogens with one attached hydrogen (secondary N) is 1. The Hall–Kier alpha value is -0.870. The average molecular weight is 468 g/mol. The molecule has 4 nitrogen and oxygen atoms in total. The van der Waals surface area contributed by atoms with Crippen LogP contribution in [0.15, 0.2) is 12.2 Å². The van der Waals surface area contributed by atoms with Crippen LogP contribution in [0.4, 0.5) is 0 Å². The minimum Gasteiger partial charge on any atom is -0.394 e. The Morgan fingerprint density at radius 3 is 1.58 bits per heavy atom. The highest BCUT2D eigenvalue weighted by molar-refractivity contribution is 5.76. The molecule has 0 aromatic heterocycles. The molecule has 0 aliphatic rings. The van der Waals surface area contributed by atoms with Gasteiger partial charge in [-0.05, 0) is 19.3 Å². The van der Waals surface area contributed by atoms with Gasteiger partial charge in [-0.2, -0.15) is 0 Å². The molecule has 4 heteroatoms. The van der Waals surface area contributed by atoms with Crippen molar-refractivity contribution in [1.82, 2.24) is 5.32 Å². The van der Waals surface area contributed by atoms with Gasteiger partial charge in [-0.1, -0.05) is 135 Å². The van der Waals surface area contributed by atoms with E-state index in [2.05, 4.69) is 19.2 Å². The molecule has 0 rings (SSSR count). The van der Waals surface area contributed by atoms with Gasteiger partial charge in [0.2, 0.25) is 5.91 Å². The first kappa shape index (κ1) is 32.1. The van der Waals surface area contributed by atoms with E-state index in [-0.39, 0.29) is 12.5 Å². The second-order valence-electron chi connectivity index (χ2n) is 9.82. The van der Waals surface area contributed by atoms with Gasteiger partial charge in [0, 0.05) is 6.42 Å². The van der Waals surface area contributed by atoms with Crippen LogP contribution in [0, 0.1) is 0 Å². The number of aliphatic hydroxyl groups excluding tert-OH is 2. The largest absolute Gasteiger partial charge is 0.394 e. The fraction of sp³-hybridized carbons (Fsp3) is 0.897. The lowest BCUT2D eigenvalue weighted by atomic mass is 10.1. The predicted molar refractivity (Wildman–Crippen MR) is 142 cm³/mol. The number of amides is 1. The van der Waals surface area contributed by atoms with Crippen molar-refractivity contribution in [2.24, 2.45) is 0 Å². The quantitative estimate of drug-likeness (QED) is 0.0955. The summed E-state index contributed by atoms with van der Waals surface area (Å²) in [6.45, 7) is 4.25. The van der Waals surface area contributed by atoms with E-state index in [9.17, 15) is 15.0 Å². The molecular formula is C29H57NO3. The van der Waals surface area contributed by atoms with E-state index in [4.69, 9.17) is 0 Å². The molecule has 0 radical (unpaired) electrons. The number of carbonyl (C=O) groups excluding carboxylic acids is 1. The lowest BCUT2D eigenvalue weighted by Gasteiger charge is -2.20. The van der Waals surface area contributed by atoms with E-state index in [1.165, 1.54) is 103 Å². The average Bonchev–Trinajstić information content (AvgIpc) is 2.82. The number of carbonyl (C=O) groups is 1. The van der Waals surface area contributed by atoms with Crippen molar-refractivity contribution in [3.05, 3.63) is 12.2 Å². The first-order chi connectivity index (χ1) is 16.2. The second kappa shape index (κ2) is 25.7. The molecular weight excluding hydrogens is 410 g/mol. The summed E-state index contributed by atoms with van der Waals surface area (Å²) in [6.07, 6.45) is 28.5. The highest BCUT2D eigenvalue weighted by Crippen LogP contribution is 2.12. The Labute approximate surface area is 206 Å². The third kappa shape index (κ3) is 22.7. The van der Waals surface area contributed by atoms with Gasteiger partial charge in [0.15, 0.2) is 0 Å². The number of hydrogen-bond acceptors (Lipinski definition) is 3. The summed E-state index contributed by atoms with van der Waals surface area (Å²) in [4.78, 5) is 12.1. The van der Waals surface area contributed by atoms with E-state index < -0.39 is 12.1 Å². The van der Waals surface area contributed by atoms with Crippen LogP contribution in [0.5, 0.6) is 0 Å². The Morgan fingerprint density at radius 2 is 1.12 bits per heavy atom. The summed E-state index contributed by atoms with van der Waals surface area (Å²) in [6, 6.07) is -0.611. The van der Waals surface area contributed by atoms with Gasteiger partial charge in [0.25, 0.3) is 0 Å². The summed E-state index contributed by atoms with van der Waals surface area (Å²) in [7, 11) is 0. The van der Waals surface area contributed by atoms with Crippen LogP contribution in [0.1, 0.15) is 149 Å². The van der Waals surface area contributed by atoms with E-state index in [0.717, 1.165) is 25.7 Å². The van der Waals surface area contributed by atoms with E-state index >= 15 is 0 Å². The van der Waals surface area contributed by atoms with Crippen LogP contribution >= 0.6 is 0 Å². The van der Waals surface area contributed by atoms with Gasteiger partial charge in [-0.15, -0.1) is 0 Å². The maximum atomic E-state index is 12.1. The highest BCUT2D eigenvalue weighted by Gasteiger charge is 2.17. The molecule has 0 aromatic rings. The van der Waals surface area contributed by atoms with Crippen LogP contribution in [0.25, 0.3) is 0 Å². The van der Waals surface area contributed by atoms with Crippen LogP contribution in [-0.4, -0.2) is 34.9 Å². The molecule has 0 aliphatic carbocycles. The van der Waals surface area contributed by atoms with E-state index in [0.29, 0.717) is 6.42 Å². The summed E-state index contributed by atoms with van der Waals surface area (Å²) in [5, 5.41) is 22.6. The maximum Gasteiger partial charge on any atom is 0.220 e. The zero-order valence-electron chi connectivity index (χ0n) is 22.2. The fourth-order valence-corrected chi connectivity index (χ4v) is 4.23. The number of unbranched alkanes of at least 4 members (excludes halogenated alkanes) is 18. The van der Waals surface area contributed by atoms with Crippen molar-refractivity contribution in [1.29, 1.82) is 0 Å². The summed E-state index contributed by atoms with van der Waals surface area (Å²) in [5.74, 6) is -0.0702. The molecule has 0 aliphatic heterocycles. The third-order valence-corrected chi connectivity index (χ3v) is 6.52. The smallest absolute Gasteiger partial charge is 0.220 e. The fourth-order valence-electron chi connectivity index (χ4n) is 4.23. The topological polar surface area (TPSA) is 69.6 Å². The summed E-state index contributed by atoms with van der Waals surface area (Å²) < 4.78 is 0. The van der Waals surface area contributed by atoms with Crippen molar-refractivity contribution < 1.29 is 15.0 Å². The van der Waals surface area contributed by atoms with Crippen molar-refractivity contribution >= 4 is 5.91 Å². The van der Waals surface area contributed by atoms with Crippen molar-refractivity contribution in [2.45, 2.75) is 161 Å². The Bertz CT molecular complexity index is 439. The SMILES string of the molecule is CCCCCCCCCCCC/C=C/[C@@H](O)[C@H](CO)NC(=O)CCCCCCCCCCC. The zero-order chi connectivity index (χ0) is 24.4. The zero-order valence-corrected chi connectivity index (χ0v) is 22.2. The lowest BCUT2D eigenvalue weighted by molar-refractivity contribution is -0.123. The first-order valence-electron chi connectivity index (χ1n) is 14.4. The number of allylic oxidation sites excluding steroid dienone is 1. The molecule has 196 valence electrons. The first-order valence-corrected chi connectivity index (χ1v) is 14.4.